The van der Waals surface area contributed by atoms with Crippen LogP contribution in [0.4, 0.5) is 5.69 Å². The molecular formula is C19H21ClN2O5S2. The Labute approximate surface area is 175 Å². The number of rotatable bonds is 5. The van der Waals surface area contributed by atoms with Crippen LogP contribution in [0.25, 0.3) is 0 Å². The van der Waals surface area contributed by atoms with E-state index in [4.69, 9.17) is 11.6 Å². The molecule has 1 aliphatic heterocycles. The highest BCUT2D eigenvalue weighted by Gasteiger charge is 2.50. The van der Waals surface area contributed by atoms with Crippen LogP contribution < -0.4 is 9.03 Å². The van der Waals surface area contributed by atoms with E-state index in [0.717, 1.165) is 4.31 Å². The van der Waals surface area contributed by atoms with Crippen molar-refractivity contribution in [3.8, 4) is 0 Å². The van der Waals surface area contributed by atoms with Gasteiger partial charge >= 0.3 is 0 Å². The van der Waals surface area contributed by atoms with Crippen molar-refractivity contribution in [3.05, 3.63) is 58.6 Å². The highest BCUT2D eigenvalue weighted by atomic mass is 35.5. The van der Waals surface area contributed by atoms with Crippen molar-refractivity contribution in [2.24, 2.45) is 5.41 Å². The number of benzene rings is 2. The standard InChI is InChI=1S/C19H21ClN2O5S2/c1-13-10-15(22-18(23)19(2,3)12-28(22,24)25)8-9-17(13)29(26,27)21-11-14-6-4-5-7-16(14)20/h4-10,21H,11-12H2,1-3H3. The minimum absolute atomic E-state index is 0.00314. The largest absolute Gasteiger partial charge is 0.273 e. The molecule has 7 nitrogen and oxygen atoms in total. The Kier molecular flexibility index (Phi) is 5.55. The van der Waals surface area contributed by atoms with Crippen molar-refractivity contribution in [3.63, 3.8) is 0 Å². The van der Waals surface area contributed by atoms with Crippen molar-refractivity contribution in [1.82, 2.24) is 4.72 Å². The van der Waals surface area contributed by atoms with Gasteiger partial charge in [0.05, 0.1) is 21.8 Å². The van der Waals surface area contributed by atoms with Gasteiger partial charge in [-0.05, 0) is 56.2 Å². The average Bonchev–Trinajstić information content (AvgIpc) is 2.76. The number of amides is 1. The lowest BCUT2D eigenvalue weighted by Gasteiger charge is -2.19. The van der Waals surface area contributed by atoms with Crippen molar-refractivity contribution in [1.29, 1.82) is 0 Å². The van der Waals surface area contributed by atoms with E-state index in [9.17, 15) is 21.6 Å². The summed E-state index contributed by atoms with van der Waals surface area (Å²) in [7, 11) is -7.68. The summed E-state index contributed by atoms with van der Waals surface area (Å²) < 4.78 is 53.5. The summed E-state index contributed by atoms with van der Waals surface area (Å²) in [5.74, 6) is -0.832. The average molecular weight is 457 g/mol. The summed E-state index contributed by atoms with van der Waals surface area (Å²) in [6, 6.07) is 10.9. The molecule has 0 spiro atoms. The van der Waals surface area contributed by atoms with Crippen LogP contribution in [0.2, 0.25) is 5.02 Å². The molecule has 0 aliphatic carbocycles. The molecule has 10 heteroatoms. The Bertz CT molecular complexity index is 1190. The summed E-state index contributed by atoms with van der Waals surface area (Å²) in [5.41, 5.74) is 0.0431. The molecule has 0 unspecified atom stereocenters. The molecule has 0 saturated carbocycles. The van der Waals surface area contributed by atoms with Crippen LogP contribution in [0, 0.1) is 12.3 Å². The lowest BCUT2D eigenvalue weighted by Crippen LogP contribution is -2.33. The molecule has 2 aromatic rings. The Hall–Kier alpha value is -1.94. The fraction of sp³-hybridized carbons (Fsp3) is 0.316. The molecule has 3 rings (SSSR count). The third-order valence-corrected chi connectivity index (χ3v) is 8.63. The van der Waals surface area contributed by atoms with Gasteiger partial charge in [0.2, 0.25) is 26.0 Å². The van der Waals surface area contributed by atoms with Crippen LogP contribution >= 0.6 is 11.6 Å². The number of anilines is 1. The van der Waals surface area contributed by atoms with Gasteiger partial charge in [-0.1, -0.05) is 29.8 Å². The lowest BCUT2D eigenvalue weighted by molar-refractivity contribution is -0.123. The number of carbonyl (C=O) groups excluding carboxylic acids is 1. The third-order valence-electron chi connectivity index (χ3n) is 4.68. The van der Waals surface area contributed by atoms with Gasteiger partial charge in [-0.25, -0.2) is 25.9 Å². The second kappa shape index (κ2) is 7.39. The highest BCUT2D eigenvalue weighted by Crippen LogP contribution is 2.36. The summed E-state index contributed by atoms with van der Waals surface area (Å²) in [4.78, 5) is 12.5. The van der Waals surface area contributed by atoms with Gasteiger partial charge in [-0.15, -0.1) is 0 Å². The molecule has 1 heterocycles. The number of halogens is 1. The van der Waals surface area contributed by atoms with Gasteiger partial charge < -0.3 is 0 Å². The smallest absolute Gasteiger partial charge is 0.247 e. The topological polar surface area (TPSA) is 101 Å². The summed E-state index contributed by atoms with van der Waals surface area (Å²) in [6.07, 6.45) is 0. The maximum atomic E-state index is 12.7. The maximum absolute atomic E-state index is 12.7. The number of nitrogens with zero attached hydrogens (tertiary/aromatic N) is 1. The van der Waals surface area contributed by atoms with Gasteiger partial charge in [-0.2, -0.15) is 0 Å². The number of carbonyl (C=O) groups is 1. The number of hydrogen-bond acceptors (Lipinski definition) is 5. The van der Waals surface area contributed by atoms with Gasteiger partial charge in [0, 0.05) is 11.6 Å². The highest BCUT2D eigenvalue weighted by molar-refractivity contribution is 7.94. The first-order chi connectivity index (χ1) is 13.3. The minimum atomic E-state index is -3.87. The van der Waals surface area contributed by atoms with Crippen molar-refractivity contribution in [2.75, 3.05) is 10.1 Å². The Morgan fingerprint density at radius 3 is 2.38 bits per heavy atom. The molecule has 1 N–H and O–H groups in total. The second-order valence-corrected chi connectivity index (χ2v) is 11.5. The summed E-state index contributed by atoms with van der Waals surface area (Å²) in [5, 5.41) is 0.447. The van der Waals surface area contributed by atoms with Crippen LogP contribution in [0.15, 0.2) is 47.4 Å². The molecule has 0 bridgehead atoms. The van der Waals surface area contributed by atoms with Gasteiger partial charge in [0.1, 0.15) is 0 Å². The third kappa shape index (κ3) is 4.18. The molecular weight excluding hydrogens is 436 g/mol. The SMILES string of the molecule is Cc1cc(N2C(=O)C(C)(C)CS2(=O)=O)ccc1S(=O)(=O)NCc1ccccc1Cl. The lowest BCUT2D eigenvalue weighted by atomic mass is 9.95. The second-order valence-electron chi connectivity index (χ2n) is 7.58. The fourth-order valence-corrected chi connectivity index (χ4v) is 6.75. The summed E-state index contributed by atoms with van der Waals surface area (Å²) >= 11 is 6.06. The van der Waals surface area contributed by atoms with E-state index in [2.05, 4.69) is 4.72 Å². The zero-order chi connectivity index (χ0) is 21.6. The molecule has 1 fully saturated rings. The van der Waals surface area contributed by atoms with Crippen LogP contribution in [-0.4, -0.2) is 28.5 Å². The predicted molar refractivity (Wildman–Crippen MR) is 112 cm³/mol. The van der Waals surface area contributed by atoms with E-state index >= 15 is 0 Å². The van der Waals surface area contributed by atoms with Gasteiger partial charge in [0.15, 0.2) is 0 Å². The molecule has 29 heavy (non-hydrogen) atoms. The van der Waals surface area contributed by atoms with E-state index in [1.165, 1.54) is 18.2 Å². The minimum Gasteiger partial charge on any atom is -0.273 e. The monoisotopic (exact) mass is 456 g/mol. The Morgan fingerprint density at radius 2 is 1.83 bits per heavy atom. The molecule has 1 amide bonds. The molecule has 1 aliphatic rings. The van der Waals surface area contributed by atoms with E-state index in [0.29, 0.717) is 16.1 Å². The number of hydrogen-bond donors (Lipinski definition) is 1. The van der Waals surface area contributed by atoms with E-state index in [1.54, 1.807) is 45.0 Å². The molecule has 2 aromatic carbocycles. The van der Waals surface area contributed by atoms with Crippen LogP contribution in [0.5, 0.6) is 0 Å². The first kappa shape index (κ1) is 21.8. The van der Waals surface area contributed by atoms with E-state index < -0.39 is 31.4 Å². The van der Waals surface area contributed by atoms with Crippen molar-refractivity contribution in [2.45, 2.75) is 32.2 Å². The van der Waals surface area contributed by atoms with Crippen LogP contribution in [0.1, 0.15) is 25.0 Å². The van der Waals surface area contributed by atoms with E-state index in [-0.39, 0.29) is 22.9 Å². The number of sulfonamides is 2. The number of aryl methyl sites for hydroxylation is 1. The summed E-state index contributed by atoms with van der Waals surface area (Å²) in [6.45, 7) is 4.69. The Balaban J connectivity index is 1.90. The first-order valence-electron chi connectivity index (χ1n) is 8.76. The quantitative estimate of drug-likeness (QED) is 0.745. The predicted octanol–water partition coefficient (Wildman–Crippen LogP) is 2.83. The first-order valence-corrected chi connectivity index (χ1v) is 12.2. The fourth-order valence-electron chi connectivity index (χ4n) is 3.22. The van der Waals surface area contributed by atoms with Crippen LogP contribution in [-0.2, 0) is 31.4 Å². The van der Waals surface area contributed by atoms with Crippen molar-refractivity contribution >= 4 is 43.2 Å². The molecule has 0 atom stereocenters. The normalized spacial score (nSPS) is 18.2. The maximum Gasteiger partial charge on any atom is 0.247 e. The van der Waals surface area contributed by atoms with Crippen LogP contribution in [0.3, 0.4) is 0 Å². The molecule has 0 radical (unpaired) electrons. The molecule has 0 aromatic heterocycles. The zero-order valence-corrected chi connectivity index (χ0v) is 18.5. The van der Waals surface area contributed by atoms with Gasteiger partial charge in [0.25, 0.3) is 0 Å². The number of nitrogens with one attached hydrogen (secondary N) is 1. The molecule has 1 saturated heterocycles. The zero-order valence-electron chi connectivity index (χ0n) is 16.1. The van der Waals surface area contributed by atoms with E-state index in [1.807, 2.05) is 0 Å². The van der Waals surface area contributed by atoms with Gasteiger partial charge in [-0.3, -0.25) is 4.79 Å². The Morgan fingerprint density at radius 1 is 1.17 bits per heavy atom. The molecule has 156 valence electrons. The van der Waals surface area contributed by atoms with Crippen molar-refractivity contribution < 1.29 is 21.6 Å².